The highest BCUT2D eigenvalue weighted by atomic mass is 31.3. The summed E-state index contributed by atoms with van der Waals surface area (Å²) in [6.45, 7) is -2.90. The van der Waals surface area contributed by atoms with Gasteiger partial charge in [0, 0.05) is 45.4 Å². The fourth-order valence-corrected chi connectivity index (χ4v) is 13.2. The van der Waals surface area contributed by atoms with E-state index in [-0.39, 0.29) is 47.1 Å². The summed E-state index contributed by atoms with van der Waals surface area (Å²) in [6.07, 6.45) is -13.0. The van der Waals surface area contributed by atoms with E-state index in [1.54, 1.807) is 0 Å². The molecule has 0 spiro atoms. The fraction of sp³-hybridized carbons (Fsp3) is 0.600. The summed E-state index contributed by atoms with van der Waals surface area (Å²) in [5, 5.41) is 32.6. The lowest BCUT2D eigenvalue weighted by Gasteiger charge is -2.31. The largest absolute Gasteiger partial charge is 0.756 e. The van der Waals surface area contributed by atoms with Gasteiger partial charge in [0.1, 0.15) is 48.5 Å². The van der Waals surface area contributed by atoms with Crippen molar-refractivity contribution in [3.05, 3.63) is 62.4 Å². The number of methoxy groups -OCH3 is 2. The van der Waals surface area contributed by atoms with Gasteiger partial charge in [0.05, 0.1) is 45.4 Å². The molecule has 37 nitrogen and oxygen atoms in total. The Hall–Kier alpha value is -4.62. The monoisotopic (exact) mass is 1160 g/mol. The number of fused-ring (bicyclic) bond motifs is 2. The van der Waals surface area contributed by atoms with E-state index in [1.807, 2.05) is 4.98 Å². The van der Waals surface area contributed by atoms with Crippen LogP contribution >= 0.6 is 31.3 Å². The molecule has 0 bridgehead atoms. The number of rotatable bonds is 23. The van der Waals surface area contributed by atoms with E-state index in [9.17, 15) is 67.5 Å². The molecule has 3 aliphatic rings. The number of aliphatic hydroxyl groups is 3. The third kappa shape index (κ3) is 12.5. The van der Waals surface area contributed by atoms with Gasteiger partial charge in [-0.3, -0.25) is 42.3 Å². The quantitative estimate of drug-likeness (QED) is 0.0221. The smallest absolute Gasteiger partial charge is 0.490 e. The van der Waals surface area contributed by atoms with Crippen LogP contribution in [0.4, 0.5) is 11.8 Å². The number of nitrogens with one attached hydrogen (secondary N) is 2. The fourth-order valence-electron chi connectivity index (χ4n) is 8.69. The van der Waals surface area contributed by atoms with Crippen molar-refractivity contribution in [1.82, 2.24) is 43.6 Å². The molecule has 8 rings (SSSR count). The van der Waals surface area contributed by atoms with Crippen LogP contribution in [-0.2, 0) is 75.7 Å². The summed E-state index contributed by atoms with van der Waals surface area (Å²) in [7, 11) is -19.2. The molecule has 76 heavy (non-hydrogen) atoms. The van der Waals surface area contributed by atoms with Crippen LogP contribution in [0.3, 0.4) is 0 Å². The Kier molecular flexibility index (Phi) is 17.1. The minimum atomic E-state index is -6.10. The minimum absolute atomic E-state index is 0.00152. The van der Waals surface area contributed by atoms with Gasteiger partial charge in [-0.15, -0.1) is 0 Å². The summed E-state index contributed by atoms with van der Waals surface area (Å²) in [5.41, 5.74) is 9.46. The molecule has 8 heterocycles. The summed E-state index contributed by atoms with van der Waals surface area (Å²) in [5.74, 6) is -1.24. The van der Waals surface area contributed by atoms with E-state index in [0.717, 1.165) is 30.3 Å². The molecule has 0 radical (unpaired) electrons. The number of phosphoric ester groups is 3. The maximum Gasteiger partial charge on any atom is 0.490 e. The van der Waals surface area contributed by atoms with Crippen LogP contribution in [0.25, 0.3) is 22.3 Å². The molecule has 0 aromatic carbocycles. The Morgan fingerprint density at radius 3 is 2.13 bits per heavy atom. The predicted molar refractivity (Wildman–Crippen MR) is 244 cm³/mol. The topological polar surface area (TPSA) is 519 Å². The Bertz CT molecular complexity index is 3300. The maximum atomic E-state index is 13.5. The lowest BCUT2D eigenvalue weighted by Crippen LogP contribution is -2.38. The lowest BCUT2D eigenvalue weighted by atomic mass is 9.95. The molecule has 12 N–H and O–H groups in total. The number of ether oxygens (including phenoxy) is 5. The average Bonchev–Trinajstić information content (AvgIpc) is 4.16. The number of aryl methyl sites for hydroxylation is 1. The van der Waals surface area contributed by atoms with E-state index >= 15 is 0 Å². The van der Waals surface area contributed by atoms with E-state index in [2.05, 4.69) is 33.5 Å². The molecule has 0 amide bonds. The van der Waals surface area contributed by atoms with Gasteiger partial charge in [-0.2, -0.15) is 18.2 Å². The van der Waals surface area contributed by atoms with Crippen molar-refractivity contribution in [2.75, 3.05) is 52.1 Å². The van der Waals surface area contributed by atoms with Crippen LogP contribution in [-0.4, -0.2) is 163 Å². The zero-order chi connectivity index (χ0) is 55.2. The Balaban J connectivity index is 0.916. The Morgan fingerprint density at radius 1 is 0.763 bits per heavy atom. The molecule has 5 aromatic rings. The van der Waals surface area contributed by atoms with Gasteiger partial charge in [0.15, 0.2) is 23.9 Å². The van der Waals surface area contributed by atoms with Crippen LogP contribution in [0.2, 0.25) is 0 Å². The molecule has 3 saturated heterocycles. The van der Waals surface area contributed by atoms with Crippen molar-refractivity contribution in [1.29, 1.82) is 0 Å². The van der Waals surface area contributed by atoms with Crippen LogP contribution in [0, 0.1) is 5.92 Å². The first-order chi connectivity index (χ1) is 35.7. The van der Waals surface area contributed by atoms with Gasteiger partial charge in [-0.05, 0) is 6.42 Å². The molecule has 41 heteroatoms. The van der Waals surface area contributed by atoms with E-state index in [0.29, 0.717) is 0 Å². The van der Waals surface area contributed by atoms with Gasteiger partial charge in [0.2, 0.25) is 18.5 Å². The van der Waals surface area contributed by atoms with Crippen molar-refractivity contribution in [3.63, 3.8) is 0 Å². The summed E-state index contributed by atoms with van der Waals surface area (Å²) < 4.78 is 114. The number of nitrogen functional groups attached to an aromatic ring is 2. The molecular formula is C35H50N12O25P4. The van der Waals surface area contributed by atoms with Gasteiger partial charge in [0.25, 0.3) is 24.5 Å². The SMILES string of the molecule is COCC[C@H]1[C@@H](O)[C@H](n2c[n+](C)c3c(=O)[nH]c(N)nc32)O[C@@H]1COP(=O)(O)OP(=O)(O)OP(=O)(O)OCC[C@H]1O[C@@H](n2cnc3c(N)ncnc32)[C@H](OC)[C@@H]1OP(=O)([O-])OC[C@H]1O[C@@H](n2ccc(=O)[nH]c2=O)[C@H](O)[C@@H]1O. The van der Waals surface area contributed by atoms with E-state index in [4.69, 9.17) is 53.2 Å². The second kappa shape index (κ2) is 22.6. The van der Waals surface area contributed by atoms with Crippen molar-refractivity contribution in [2.24, 2.45) is 13.0 Å². The zero-order valence-corrected chi connectivity index (χ0v) is 43.1. The van der Waals surface area contributed by atoms with Gasteiger partial charge in [-0.1, -0.05) is 0 Å². The van der Waals surface area contributed by atoms with Crippen LogP contribution < -0.4 is 37.7 Å². The average molecular weight is 1160 g/mol. The Labute approximate surface area is 424 Å². The third-order valence-electron chi connectivity index (χ3n) is 12.0. The van der Waals surface area contributed by atoms with Gasteiger partial charge < -0.3 is 79.1 Å². The van der Waals surface area contributed by atoms with Crippen molar-refractivity contribution in [3.8, 4) is 0 Å². The molecule has 3 fully saturated rings. The number of aliphatic hydroxyl groups excluding tert-OH is 3. The molecule has 0 saturated carbocycles. The highest BCUT2D eigenvalue weighted by Crippen LogP contribution is 2.68. The number of phosphoric acid groups is 4. The zero-order valence-electron chi connectivity index (χ0n) is 39.5. The normalized spacial score (nSPS) is 30.1. The number of nitrogens with zero attached hydrogens (tertiary/aromatic N) is 8. The highest BCUT2D eigenvalue weighted by Gasteiger charge is 2.52. The second-order valence-corrected chi connectivity index (χ2v) is 23.0. The Morgan fingerprint density at radius 2 is 1.43 bits per heavy atom. The standard InChI is InChI=1S/C35H50N12O25P4/c1-44-14-47(29-21(44)30(52)43-34(37)42-29)31-22(49)15(5-8-62-2)17(68-31)10-66-75(58,59)72-76(60,61)71-74(56,57)64-9-6-16-25(26(63-3)33(67-16)46-13-40-20-27(36)38-12-39-28(20)46)70-73(54,55)65-11-18-23(50)24(51)32(69-18)45-7-4-19(48)41-35(45)53/h4,7,12-18,22-26,31-33,49-51H,5-6,8-11H2,1-3H3,(H9-,36,37,38,39,41,42,43,48,52,53,54,55,56,57,58,59,60,61)/t15-,16-,17-,18-,22-,23-,24-,25-,26-,31-,32-,33-/m1/s1. The first kappa shape index (κ1) is 57.6. The van der Waals surface area contributed by atoms with Gasteiger partial charge in [-0.25, -0.2) is 38.0 Å². The third-order valence-corrected chi connectivity index (χ3v) is 17.3. The molecule has 3 aliphatic heterocycles. The molecule has 0 aliphatic carbocycles. The van der Waals surface area contributed by atoms with Crippen molar-refractivity contribution in [2.45, 2.75) is 80.4 Å². The van der Waals surface area contributed by atoms with E-state index < -0.39 is 148 Å². The molecule has 420 valence electrons. The molecular weight excluding hydrogens is 1110 g/mol. The molecule has 5 aromatic heterocycles. The van der Waals surface area contributed by atoms with Gasteiger partial charge >= 0.3 is 34.7 Å². The number of anilines is 2. The van der Waals surface area contributed by atoms with Crippen LogP contribution in [0.5, 0.6) is 0 Å². The predicted octanol–water partition coefficient (Wildman–Crippen LogP) is -3.83. The maximum absolute atomic E-state index is 13.5. The highest BCUT2D eigenvalue weighted by molar-refractivity contribution is 7.66. The van der Waals surface area contributed by atoms with Crippen molar-refractivity contribution < 1.29 is 108 Å². The van der Waals surface area contributed by atoms with Crippen LogP contribution in [0.15, 0.2) is 45.6 Å². The summed E-state index contributed by atoms with van der Waals surface area (Å²) >= 11 is 0. The number of aromatic nitrogens is 10. The number of imidazole rings is 2. The van der Waals surface area contributed by atoms with E-state index in [1.165, 1.54) is 40.5 Å². The summed E-state index contributed by atoms with van der Waals surface area (Å²) in [6, 6.07) is 0.930. The first-order valence-electron chi connectivity index (χ1n) is 22.1. The number of nitrogens with two attached hydrogens (primary N) is 2. The van der Waals surface area contributed by atoms with Crippen LogP contribution in [0.1, 0.15) is 31.5 Å². The number of H-pyrrole nitrogens is 2. The molecule has 4 unspecified atom stereocenters. The summed E-state index contributed by atoms with van der Waals surface area (Å²) in [4.78, 5) is 102. The van der Waals surface area contributed by atoms with Crippen molar-refractivity contribution >= 4 is 65.4 Å². The minimum Gasteiger partial charge on any atom is -0.756 e. The number of aromatic amines is 2. The lowest BCUT2D eigenvalue weighted by molar-refractivity contribution is -0.646. The first-order valence-corrected chi connectivity index (χ1v) is 28.0. The number of hydrogen-bond donors (Lipinski definition) is 10. The number of hydrogen-bond acceptors (Lipinski definition) is 28. The molecule has 16 atom stereocenters. The second-order valence-electron chi connectivity index (χ2n) is 17.0.